The van der Waals surface area contributed by atoms with Crippen LogP contribution in [-0.4, -0.2) is 0 Å². The van der Waals surface area contributed by atoms with E-state index in [0.29, 0.717) is 0 Å². The summed E-state index contributed by atoms with van der Waals surface area (Å²) in [4.78, 5) is 0. The van der Waals surface area contributed by atoms with E-state index in [1.807, 2.05) is 6.92 Å². The van der Waals surface area contributed by atoms with Crippen LogP contribution in [0.2, 0.25) is 0 Å². The molecule has 11 heavy (non-hydrogen) atoms. The largest absolute Gasteiger partial charge is 0.208 e. The highest BCUT2D eigenvalue weighted by Gasteiger charge is 1.87. The lowest BCUT2D eigenvalue weighted by Crippen LogP contribution is -1.76. The molecular formula is C10H15F. The van der Waals surface area contributed by atoms with Crippen molar-refractivity contribution in [2.45, 2.75) is 26.7 Å². The summed E-state index contributed by atoms with van der Waals surface area (Å²) >= 11 is 0. The maximum Gasteiger partial charge on any atom is 0.115 e. The summed E-state index contributed by atoms with van der Waals surface area (Å²) in [5.41, 5.74) is 1.32. The smallest absolute Gasteiger partial charge is 0.115 e. The minimum absolute atomic E-state index is 0.378. The molecule has 0 bridgehead atoms. The molecule has 0 aliphatic heterocycles. The topological polar surface area (TPSA) is 0 Å². The zero-order valence-corrected chi connectivity index (χ0v) is 7.23. The van der Waals surface area contributed by atoms with Crippen LogP contribution in [0.4, 0.5) is 4.39 Å². The van der Waals surface area contributed by atoms with Gasteiger partial charge in [0, 0.05) is 0 Å². The van der Waals surface area contributed by atoms with Gasteiger partial charge >= 0.3 is 0 Å². The predicted octanol–water partition coefficient (Wildman–Crippen LogP) is 3.77. The zero-order valence-electron chi connectivity index (χ0n) is 7.23. The van der Waals surface area contributed by atoms with Crippen LogP contribution in [0.1, 0.15) is 26.7 Å². The summed E-state index contributed by atoms with van der Waals surface area (Å²) in [6, 6.07) is 0. The van der Waals surface area contributed by atoms with E-state index in [1.54, 1.807) is 6.08 Å². The van der Waals surface area contributed by atoms with Crippen molar-refractivity contribution in [2.75, 3.05) is 0 Å². The zero-order chi connectivity index (χ0) is 8.69. The Hall–Kier alpha value is -0.850. The normalized spacial score (nSPS) is 12.5. The fourth-order valence-electron chi connectivity index (χ4n) is 0.804. The first-order valence-corrected chi connectivity index (χ1v) is 3.85. The van der Waals surface area contributed by atoms with Crippen LogP contribution < -0.4 is 0 Å². The third-order valence-corrected chi connectivity index (χ3v) is 1.54. The first kappa shape index (κ1) is 10.2. The third-order valence-electron chi connectivity index (χ3n) is 1.54. The summed E-state index contributed by atoms with van der Waals surface area (Å²) in [7, 11) is 0. The van der Waals surface area contributed by atoms with Gasteiger partial charge in [-0.25, -0.2) is 4.39 Å². The molecule has 0 aromatic heterocycles. The molecule has 0 radical (unpaired) electrons. The van der Waals surface area contributed by atoms with E-state index in [9.17, 15) is 4.39 Å². The van der Waals surface area contributed by atoms with E-state index >= 15 is 0 Å². The number of halogens is 1. The van der Waals surface area contributed by atoms with E-state index < -0.39 is 0 Å². The Labute approximate surface area is 68.1 Å². The molecule has 0 heterocycles. The highest BCUT2D eigenvalue weighted by atomic mass is 19.1. The third kappa shape index (κ3) is 5.59. The highest BCUT2D eigenvalue weighted by Crippen LogP contribution is 2.07. The second-order valence-electron chi connectivity index (χ2n) is 2.35. The lowest BCUT2D eigenvalue weighted by atomic mass is 10.1. The molecule has 0 saturated heterocycles. The molecule has 0 aliphatic rings. The van der Waals surface area contributed by atoms with E-state index in [0.717, 1.165) is 12.8 Å². The van der Waals surface area contributed by atoms with Crippen LogP contribution in [-0.2, 0) is 0 Å². The van der Waals surface area contributed by atoms with Crippen molar-refractivity contribution in [1.82, 2.24) is 0 Å². The summed E-state index contributed by atoms with van der Waals surface area (Å²) in [5, 5.41) is 0. The van der Waals surface area contributed by atoms with E-state index in [1.165, 1.54) is 11.6 Å². The second-order valence-corrected chi connectivity index (χ2v) is 2.35. The Kier molecular flexibility index (Phi) is 5.44. The SMILES string of the molecule is C=C(F)/C=C\C/C(=C\C)CC. The van der Waals surface area contributed by atoms with Gasteiger partial charge in [-0.3, -0.25) is 0 Å². The van der Waals surface area contributed by atoms with Gasteiger partial charge < -0.3 is 0 Å². The molecule has 0 atom stereocenters. The molecule has 0 rings (SSSR count). The first-order chi connectivity index (χ1) is 5.20. The van der Waals surface area contributed by atoms with Crippen molar-refractivity contribution >= 4 is 0 Å². The Morgan fingerprint density at radius 1 is 1.55 bits per heavy atom. The average Bonchev–Trinajstić information content (AvgIpc) is 1.98. The predicted molar refractivity (Wildman–Crippen MR) is 48.1 cm³/mol. The van der Waals surface area contributed by atoms with Crippen LogP contribution in [0, 0.1) is 0 Å². The fourth-order valence-corrected chi connectivity index (χ4v) is 0.804. The summed E-state index contributed by atoms with van der Waals surface area (Å²) in [6.45, 7) is 7.22. The molecule has 0 N–H and O–H groups in total. The lowest BCUT2D eigenvalue weighted by Gasteiger charge is -1.96. The Bertz CT molecular complexity index is 175. The molecule has 0 spiro atoms. The van der Waals surface area contributed by atoms with E-state index in [4.69, 9.17) is 0 Å². The van der Waals surface area contributed by atoms with E-state index in [2.05, 4.69) is 19.6 Å². The van der Waals surface area contributed by atoms with Crippen molar-refractivity contribution in [3.63, 3.8) is 0 Å². The first-order valence-electron chi connectivity index (χ1n) is 3.85. The van der Waals surface area contributed by atoms with Gasteiger partial charge in [0.15, 0.2) is 0 Å². The van der Waals surface area contributed by atoms with Gasteiger partial charge in [0.1, 0.15) is 5.83 Å². The maximum absolute atomic E-state index is 12.1. The molecule has 0 saturated carbocycles. The number of hydrogen-bond acceptors (Lipinski definition) is 0. The number of hydrogen-bond donors (Lipinski definition) is 0. The van der Waals surface area contributed by atoms with Crippen LogP contribution >= 0.6 is 0 Å². The van der Waals surface area contributed by atoms with Crippen LogP contribution in [0.15, 0.2) is 36.2 Å². The van der Waals surface area contributed by atoms with Crippen molar-refractivity contribution in [3.05, 3.63) is 36.2 Å². The Balaban J connectivity index is 3.77. The fraction of sp³-hybridized carbons (Fsp3) is 0.400. The summed E-state index contributed by atoms with van der Waals surface area (Å²) in [6.07, 6.45) is 7.11. The average molecular weight is 154 g/mol. The van der Waals surface area contributed by atoms with Crippen molar-refractivity contribution in [3.8, 4) is 0 Å². The van der Waals surface area contributed by atoms with E-state index in [-0.39, 0.29) is 5.83 Å². The van der Waals surface area contributed by atoms with Crippen LogP contribution in [0.3, 0.4) is 0 Å². The van der Waals surface area contributed by atoms with Crippen molar-refractivity contribution in [1.29, 1.82) is 0 Å². The molecule has 0 aromatic rings. The van der Waals surface area contributed by atoms with Gasteiger partial charge in [0.2, 0.25) is 0 Å². The molecule has 0 nitrogen and oxygen atoms in total. The molecule has 0 amide bonds. The lowest BCUT2D eigenvalue weighted by molar-refractivity contribution is 0.670. The molecular weight excluding hydrogens is 139 g/mol. The minimum Gasteiger partial charge on any atom is -0.208 e. The monoisotopic (exact) mass is 154 g/mol. The van der Waals surface area contributed by atoms with Crippen molar-refractivity contribution < 1.29 is 4.39 Å². The van der Waals surface area contributed by atoms with Gasteiger partial charge in [-0.05, 0) is 25.8 Å². The molecule has 62 valence electrons. The molecule has 0 aliphatic carbocycles. The van der Waals surface area contributed by atoms with Gasteiger partial charge in [0.05, 0.1) is 0 Å². The number of allylic oxidation sites excluding steroid dienone is 5. The van der Waals surface area contributed by atoms with Crippen LogP contribution in [0.25, 0.3) is 0 Å². The molecule has 0 fully saturated rings. The quantitative estimate of drug-likeness (QED) is 0.427. The van der Waals surface area contributed by atoms with Gasteiger partial charge in [0.25, 0.3) is 0 Å². The minimum atomic E-state index is -0.378. The van der Waals surface area contributed by atoms with Gasteiger partial charge in [-0.1, -0.05) is 31.2 Å². The molecule has 0 unspecified atom stereocenters. The summed E-state index contributed by atoms with van der Waals surface area (Å²) < 4.78 is 12.1. The van der Waals surface area contributed by atoms with Crippen LogP contribution in [0.5, 0.6) is 0 Å². The Morgan fingerprint density at radius 2 is 2.18 bits per heavy atom. The molecule has 0 aromatic carbocycles. The van der Waals surface area contributed by atoms with Gasteiger partial charge in [-0.2, -0.15) is 0 Å². The number of rotatable bonds is 4. The highest BCUT2D eigenvalue weighted by molar-refractivity contribution is 5.12. The maximum atomic E-state index is 12.1. The molecule has 1 heteroatoms. The summed E-state index contributed by atoms with van der Waals surface area (Å²) in [5.74, 6) is -0.378. The van der Waals surface area contributed by atoms with Gasteiger partial charge in [-0.15, -0.1) is 0 Å². The Morgan fingerprint density at radius 3 is 2.55 bits per heavy atom. The standard InChI is InChI=1S/C10H15F/c1-4-10(5-2)8-6-7-9(3)11/h4,6-7H,3,5,8H2,1-2H3/b7-6-,10-4-. The second kappa shape index (κ2) is 5.90. The van der Waals surface area contributed by atoms with Crippen molar-refractivity contribution in [2.24, 2.45) is 0 Å².